The van der Waals surface area contributed by atoms with Crippen LogP contribution in [0.4, 0.5) is 11.4 Å². The van der Waals surface area contributed by atoms with Gasteiger partial charge < -0.3 is 20.1 Å². The third kappa shape index (κ3) is 6.11. The molecule has 0 saturated heterocycles. The lowest BCUT2D eigenvalue weighted by Gasteiger charge is -2.17. The topological polar surface area (TPSA) is 97.0 Å². The number of hydrogen-bond acceptors (Lipinski definition) is 6. The predicted octanol–water partition coefficient (Wildman–Crippen LogP) is 3.18. The lowest BCUT2D eigenvalue weighted by atomic mass is 10.2. The molecule has 0 unspecified atom stereocenters. The molecule has 0 fully saturated rings. The van der Waals surface area contributed by atoms with Gasteiger partial charge in [0.15, 0.2) is 0 Å². The Hall–Kier alpha value is -2.78. The molecular weight excluding hydrogens is 406 g/mol. The van der Waals surface area contributed by atoms with E-state index in [0.717, 1.165) is 12.8 Å². The first-order valence-corrected chi connectivity index (χ1v) is 11.1. The number of hydrogen-bond donors (Lipinski definition) is 2. The molecule has 9 heteroatoms. The maximum Gasteiger partial charge on any atom is 0.243 e. The van der Waals surface area contributed by atoms with Gasteiger partial charge in [-0.3, -0.25) is 4.79 Å². The SMILES string of the molecule is CCCCN(C)S(=O)(=O)c1ccc(NCC(=O)Nc2cc(OC)ccc2OC)cc1. The molecule has 0 saturated carbocycles. The molecule has 8 nitrogen and oxygen atoms in total. The highest BCUT2D eigenvalue weighted by atomic mass is 32.2. The Labute approximate surface area is 178 Å². The number of anilines is 2. The monoisotopic (exact) mass is 435 g/mol. The molecule has 2 aromatic carbocycles. The first-order valence-electron chi connectivity index (χ1n) is 9.64. The molecule has 2 aromatic rings. The first-order chi connectivity index (χ1) is 14.3. The third-order valence-electron chi connectivity index (χ3n) is 4.52. The van der Waals surface area contributed by atoms with E-state index in [0.29, 0.717) is 29.4 Å². The van der Waals surface area contributed by atoms with E-state index in [1.807, 2.05) is 6.92 Å². The minimum Gasteiger partial charge on any atom is -0.497 e. The standard InChI is InChI=1S/C21H29N3O5S/c1-5-6-13-24(2)30(26,27)18-10-7-16(8-11-18)22-15-21(25)23-19-14-17(28-3)9-12-20(19)29-4/h7-12,14,22H,5-6,13,15H2,1-4H3,(H,23,25). The molecule has 0 radical (unpaired) electrons. The van der Waals surface area contributed by atoms with Crippen molar-refractivity contribution in [3.05, 3.63) is 42.5 Å². The minimum absolute atomic E-state index is 0.00284. The molecule has 0 aliphatic carbocycles. The number of amides is 1. The number of methoxy groups -OCH3 is 2. The number of rotatable bonds is 11. The zero-order valence-corrected chi connectivity index (χ0v) is 18.6. The van der Waals surface area contributed by atoms with Crippen LogP contribution >= 0.6 is 0 Å². The molecule has 2 N–H and O–H groups in total. The van der Waals surface area contributed by atoms with Gasteiger partial charge in [0.2, 0.25) is 15.9 Å². The fourth-order valence-electron chi connectivity index (χ4n) is 2.71. The number of nitrogens with one attached hydrogen (secondary N) is 2. The second-order valence-electron chi connectivity index (χ2n) is 6.67. The van der Waals surface area contributed by atoms with Gasteiger partial charge >= 0.3 is 0 Å². The molecule has 0 aromatic heterocycles. The average Bonchev–Trinajstić information content (AvgIpc) is 2.76. The summed E-state index contributed by atoms with van der Waals surface area (Å²) in [5.41, 5.74) is 1.14. The van der Waals surface area contributed by atoms with Crippen LogP contribution in [0.5, 0.6) is 11.5 Å². The van der Waals surface area contributed by atoms with Gasteiger partial charge in [0, 0.05) is 25.3 Å². The van der Waals surface area contributed by atoms with Crippen LogP contribution in [0.25, 0.3) is 0 Å². The number of nitrogens with zero attached hydrogens (tertiary/aromatic N) is 1. The summed E-state index contributed by atoms with van der Waals surface area (Å²) in [7, 11) is 1.12. The molecule has 0 aliphatic heterocycles. The predicted molar refractivity (Wildman–Crippen MR) is 118 cm³/mol. The highest BCUT2D eigenvalue weighted by molar-refractivity contribution is 7.89. The molecule has 0 bridgehead atoms. The van der Waals surface area contributed by atoms with E-state index >= 15 is 0 Å². The maximum absolute atomic E-state index is 12.6. The van der Waals surface area contributed by atoms with Crippen LogP contribution in [0.3, 0.4) is 0 Å². The highest BCUT2D eigenvalue weighted by Gasteiger charge is 2.20. The van der Waals surface area contributed by atoms with E-state index in [-0.39, 0.29) is 17.3 Å². The van der Waals surface area contributed by atoms with Crippen molar-refractivity contribution < 1.29 is 22.7 Å². The van der Waals surface area contributed by atoms with Gasteiger partial charge in [-0.05, 0) is 42.8 Å². The van der Waals surface area contributed by atoms with E-state index < -0.39 is 10.0 Å². The van der Waals surface area contributed by atoms with Crippen molar-refractivity contribution in [3.63, 3.8) is 0 Å². The Morgan fingerprint density at radius 2 is 1.77 bits per heavy atom. The smallest absolute Gasteiger partial charge is 0.243 e. The summed E-state index contributed by atoms with van der Waals surface area (Å²) >= 11 is 0. The highest BCUT2D eigenvalue weighted by Crippen LogP contribution is 2.28. The van der Waals surface area contributed by atoms with E-state index in [4.69, 9.17) is 9.47 Å². The van der Waals surface area contributed by atoms with Gasteiger partial charge in [-0.2, -0.15) is 0 Å². The lowest BCUT2D eigenvalue weighted by molar-refractivity contribution is -0.114. The second-order valence-corrected chi connectivity index (χ2v) is 8.72. The summed E-state index contributed by atoms with van der Waals surface area (Å²) in [4.78, 5) is 12.5. The fourth-order valence-corrected chi connectivity index (χ4v) is 3.92. The van der Waals surface area contributed by atoms with Crippen molar-refractivity contribution in [3.8, 4) is 11.5 Å². The number of unbranched alkanes of at least 4 members (excludes halogenated alkanes) is 1. The van der Waals surface area contributed by atoms with Gasteiger partial charge in [0.1, 0.15) is 11.5 Å². The zero-order valence-electron chi connectivity index (χ0n) is 17.8. The first kappa shape index (κ1) is 23.5. The molecule has 2 rings (SSSR count). The molecule has 0 aliphatic rings. The Balaban J connectivity index is 1.98. The lowest BCUT2D eigenvalue weighted by Crippen LogP contribution is -2.28. The number of sulfonamides is 1. The van der Waals surface area contributed by atoms with Gasteiger partial charge in [-0.15, -0.1) is 0 Å². The summed E-state index contributed by atoms with van der Waals surface area (Å²) in [5.74, 6) is 0.836. The minimum atomic E-state index is -3.51. The van der Waals surface area contributed by atoms with Crippen LogP contribution in [0, 0.1) is 0 Å². The number of carbonyl (C=O) groups is 1. The second kappa shape index (κ2) is 10.8. The molecule has 0 heterocycles. The third-order valence-corrected chi connectivity index (χ3v) is 6.39. The normalized spacial score (nSPS) is 11.2. The van der Waals surface area contributed by atoms with Gasteiger partial charge in [-0.25, -0.2) is 12.7 Å². The summed E-state index contributed by atoms with van der Waals surface area (Å²) < 4.78 is 36.9. The molecule has 1 amide bonds. The zero-order chi connectivity index (χ0) is 22.1. The van der Waals surface area contributed by atoms with Crippen molar-refractivity contribution in [2.75, 3.05) is 45.0 Å². The summed E-state index contributed by atoms with van der Waals surface area (Å²) in [5, 5.41) is 5.75. The number of ether oxygens (including phenoxy) is 2. The summed E-state index contributed by atoms with van der Waals surface area (Å²) in [6.45, 7) is 2.50. The van der Waals surface area contributed by atoms with Gasteiger partial charge in [0.25, 0.3) is 0 Å². The van der Waals surface area contributed by atoms with E-state index in [1.165, 1.54) is 23.5 Å². The van der Waals surface area contributed by atoms with Crippen LogP contribution in [0.2, 0.25) is 0 Å². The van der Waals surface area contributed by atoms with Gasteiger partial charge in [0.05, 0.1) is 31.3 Å². The van der Waals surface area contributed by atoms with Crippen molar-refractivity contribution >= 4 is 27.3 Å². The van der Waals surface area contributed by atoms with Crippen molar-refractivity contribution in [1.82, 2.24) is 4.31 Å². The van der Waals surface area contributed by atoms with Crippen LogP contribution in [-0.2, 0) is 14.8 Å². The van der Waals surface area contributed by atoms with E-state index in [9.17, 15) is 13.2 Å². The quantitative estimate of drug-likeness (QED) is 0.563. The number of carbonyl (C=O) groups excluding carboxylic acids is 1. The molecule has 0 atom stereocenters. The maximum atomic E-state index is 12.6. The molecule has 164 valence electrons. The molecule has 30 heavy (non-hydrogen) atoms. The summed E-state index contributed by atoms with van der Waals surface area (Å²) in [6.07, 6.45) is 1.73. The Kier molecular flexibility index (Phi) is 8.49. The number of benzene rings is 2. The van der Waals surface area contributed by atoms with Gasteiger partial charge in [-0.1, -0.05) is 13.3 Å². The molecule has 0 spiro atoms. The van der Waals surface area contributed by atoms with Crippen LogP contribution in [-0.4, -0.2) is 53.0 Å². The Morgan fingerprint density at radius 3 is 2.37 bits per heavy atom. The van der Waals surface area contributed by atoms with Crippen molar-refractivity contribution in [1.29, 1.82) is 0 Å². The van der Waals surface area contributed by atoms with E-state index in [1.54, 1.807) is 44.5 Å². The largest absolute Gasteiger partial charge is 0.497 e. The fraction of sp³-hybridized carbons (Fsp3) is 0.381. The van der Waals surface area contributed by atoms with Crippen LogP contribution in [0.1, 0.15) is 19.8 Å². The van der Waals surface area contributed by atoms with Crippen molar-refractivity contribution in [2.24, 2.45) is 0 Å². The van der Waals surface area contributed by atoms with E-state index in [2.05, 4.69) is 10.6 Å². The van der Waals surface area contributed by atoms with Crippen LogP contribution in [0.15, 0.2) is 47.4 Å². The average molecular weight is 436 g/mol. The van der Waals surface area contributed by atoms with Crippen molar-refractivity contribution in [2.45, 2.75) is 24.7 Å². The summed E-state index contributed by atoms with van der Waals surface area (Å²) in [6, 6.07) is 11.5. The van der Waals surface area contributed by atoms with Crippen LogP contribution < -0.4 is 20.1 Å². The molecular formula is C21H29N3O5S. The Bertz CT molecular complexity index is 946. The Morgan fingerprint density at radius 1 is 1.07 bits per heavy atom.